The van der Waals surface area contributed by atoms with Gasteiger partial charge in [-0.1, -0.05) is 36.7 Å². The number of benzene rings is 2. The summed E-state index contributed by atoms with van der Waals surface area (Å²) in [6, 6.07) is 14.6. The minimum absolute atomic E-state index is 0.163. The van der Waals surface area contributed by atoms with Crippen LogP contribution in [0.1, 0.15) is 19.8 Å². The van der Waals surface area contributed by atoms with Crippen molar-refractivity contribution >= 4 is 34.8 Å². The first-order chi connectivity index (χ1) is 14.6. The molecule has 30 heavy (non-hydrogen) atoms. The molecule has 2 saturated heterocycles. The predicted molar refractivity (Wildman–Crippen MR) is 118 cm³/mol. The molecular formula is C23H26ClN3O3. The Morgan fingerprint density at radius 1 is 1.03 bits per heavy atom. The van der Waals surface area contributed by atoms with Crippen molar-refractivity contribution in [2.24, 2.45) is 0 Å². The maximum atomic E-state index is 13.2. The molecular weight excluding hydrogens is 402 g/mol. The zero-order valence-corrected chi connectivity index (χ0v) is 17.8. The van der Waals surface area contributed by atoms with E-state index in [4.69, 9.17) is 16.3 Å². The molecule has 0 bridgehead atoms. The summed E-state index contributed by atoms with van der Waals surface area (Å²) in [6.07, 6.45) is 1.06. The number of rotatable bonds is 6. The van der Waals surface area contributed by atoms with E-state index < -0.39 is 6.04 Å². The number of nitrogens with zero attached hydrogens (tertiary/aromatic N) is 3. The van der Waals surface area contributed by atoms with Crippen LogP contribution >= 0.6 is 11.6 Å². The molecule has 2 heterocycles. The van der Waals surface area contributed by atoms with Gasteiger partial charge in [0.05, 0.1) is 24.8 Å². The molecule has 0 radical (unpaired) electrons. The van der Waals surface area contributed by atoms with E-state index in [0.717, 1.165) is 38.3 Å². The van der Waals surface area contributed by atoms with Crippen LogP contribution < -0.4 is 14.5 Å². The number of imide groups is 1. The van der Waals surface area contributed by atoms with Gasteiger partial charge in [-0.15, -0.1) is 0 Å². The molecule has 0 unspecified atom stereocenters. The van der Waals surface area contributed by atoms with E-state index >= 15 is 0 Å². The van der Waals surface area contributed by atoms with E-state index in [1.165, 1.54) is 4.90 Å². The van der Waals surface area contributed by atoms with Gasteiger partial charge in [-0.25, -0.2) is 4.90 Å². The molecule has 2 aliphatic heterocycles. The van der Waals surface area contributed by atoms with Gasteiger partial charge in [0, 0.05) is 36.9 Å². The van der Waals surface area contributed by atoms with Crippen LogP contribution in [-0.2, 0) is 9.59 Å². The van der Waals surface area contributed by atoms with Gasteiger partial charge >= 0.3 is 0 Å². The molecule has 2 aliphatic rings. The van der Waals surface area contributed by atoms with Crippen LogP contribution in [-0.4, -0.2) is 55.5 Å². The second-order valence-corrected chi connectivity index (χ2v) is 8.04. The molecule has 1 atom stereocenters. The quantitative estimate of drug-likeness (QED) is 0.659. The van der Waals surface area contributed by atoms with E-state index in [1.807, 2.05) is 49.4 Å². The number of amides is 2. The van der Waals surface area contributed by atoms with Gasteiger partial charge < -0.3 is 9.64 Å². The number of carbonyl (C=O) groups excluding carboxylic acids is 2. The Hall–Kier alpha value is -2.57. The molecule has 4 rings (SSSR count). The van der Waals surface area contributed by atoms with Crippen LogP contribution in [0.3, 0.4) is 0 Å². The highest BCUT2D eigenvalue weighted by Crippen LogP contribution is 2.34. The van der Waals surface area contributed by atoms with Gasteiger partial charge in [-0.05, 0) is 36.8 Å². The average molecular weight is 428 g/mol. The first-order valence-electron chi connectivity index (χ1n) is 10.4. The Morgan fingerprint density at radius 3 is 2.53 bits per heavy atom. The van der Waals surface area contributed by atoms with Crippen LogP contribution in [0.5, 0.6) is 5.75 Å². The highest BCUT2D eigenvalue weighted by Gasteiger charge is 2.44. The lowest BCUT2D eigenvalue weighted by molar-refractivity contribution is -0.123. The molecule has 2 amide bonds. The van der Waals surface area contributed by atoms with Gasteiger partial charge in [0.25, 0.3) is 5.91 Å². The molecule has 158 valence electrons. The predicted octanol–water partition coefficient (Wildman–Crippen LogP) is 3.58. The van der Waals surface area contributed by atoms with Crippen LogP contribution in [0.25, 0.3) is 0 Å². The molecule has 0 saturated carbocycles. The summed E-state index contributed by atoms with van der Waals surface area (Å²) < 4.78 is 5.77. The molecule has 7 heteroatoms. The molecule has 2 fully saturated rings. The van der Waals surface area contributed by atoms with Crippen LogP contribution in [0.4, 0.5) is 11.4 Å². The summed E-state index contributed by atoms with van der Waals surface area (Å²) in [4.78, 5) is 31.7. The van der Waals surface area contributed by atoms with Crippen molar-refractivity contribution in [2.75, 3.05) is 42.6 Å². The van der Waals surface area contributed by atoms with Crippen LogP contribution in [0.15, 0.2) is 48.5 Å². The maximum Gasteiger partial charge on any atom is 0.251 e. The molecule has 0 aliphatic carbocycles. The van der Waals surface area contributed by atoms with Crippen molar-refractivity contribution in [3.05, 3.63) is 53.6 Å². The molecule has 2 aromatic carbocycles. The first-order valence-corrected chi connectivity index (χ1v) is 10.8. The van der Waals surface area contributed by atoms with Crippen LogP contribution in [0, 0.1) is 0 Å². The average Bonchev–Trinajstić information content (AvgIpc) is 3.06. The number of carbonyl (C=O) groups is 2. The summed E-state index contributed by atoms with van der Waals surface area (Å²) in [7, 11) is 0. The van der Waals surface area contributed by atoms with E-state index in [0.29, 0.717) is 23.1 Å². The number of anilines is 2. The molecule has 0 spiro atoms. The summed E-state index contributed by atoms with van der Waals surface area (Å²) >= 11 is 6.12. The molecule has 0 N–H and O–H groups in total. The number of piperazine rings is 1. The smallest absolute Gasteiger partial charge is 0.251 e. The van der Waals surface area contributed by atoms with Gasteiger partial charge in [0.2, 0.25) is 5.91 Å². The summed E-state index contributed by atoms with van der Waals surface area (Å²) in [5, 5.41) is 0.714. The van der Waals surface area contributed by atoms with Crippen LogP contribution in [0.2, 0.25) is 5.02 Å². The van der Waals surface area contributed by atoms with Crippen molar-refractivity contribution in [2.45, 2.75) is 25.8 Å². The Morgan fingerprint density at radius 2 is 1.80 bits per heavy atom. The van der Waals surface area contributed by atoms with Gasteiger partial charge in [0.1, 0.15) is 5.75 Å². The third-order valence-corrected chi connectivity index (χ3v) is 5.85. The highest BCUT2D eigenvalue weighted by molar-refractivity contribution is 6.30. The Labute approximate surface area is 182 Å². The lowest BCUT2D eigenvalue weighted by Gasteiger charge is -2.38. The second-order valence-electron chi connectivity index (χ2n) is 7.61. The minimum Gasteiger partial charge on any atom is -0.491 e. The van der Waals surface area contributed by atoms with Crippen molar-refractivity contribution in [3.63, 3.8) is 0 Å². The summed E-state index contributed by atoms with van der Waals surface area (Å²) in [5.41, 5.74) is 1.63. The third-order valence-electron chi connectivity index (χ3n) is 5.62. The van der Waals surface area contributed by atoms with E-state index in [2.05, 4.69) is 9.80 Å². The number of ether oxygens (including phenoxy) is 1. The van der Waals surface area contributed by atoms with E-state index in [9.17, 15) is 9.59 Å². The fourth-order valence-electron chi connectivity index (χ4n) is 4.09. The van der Waals surface area contributed by atoms with Crippen molar-refractivity contribution in [1.82, 2.24) is 4.90 Å². The maximum absolute atomic E-state index is 13.2. The number of hydrogen-bond acceptors (Lipinski definition) is 5. The Balaban J connectivity index is 1.45. The lowest BCUT2D eigenvalue weighted by Crippen LogP contribution is -2.52. The number of hydrogen-bond donors (Lipinski definition) is 0. The summed E-state index contributed by atoms with van der Waals surface area (Å²) in [5.74, 6) is 0.242. The van der Waals surface area contributed by atoms with E-state index in [-0.39, 0.29) is 18.2 Å². The second kappa shape index (κ2) is 9.06. The topological polar surface area (TPSA) is 53.1 Å². The fourth-order valence-corrected chi connectivity index (χ4v) is 4.28. The van der Waals surface area contributed by atoms with Crippen molar-refractivity contribution < 1.29 is 14.3 Å². The monoisotopic (exact) mass is 427 g/mol. The van der Waals surface area contributed by atoms with Gasteiger partial charge in [0.15, 0.2) is 0 Å². The summed E-state index contributed by atoms with van der Waals surface area (Å²) in [6.45, 7) is 5.58. The SMILES string of the molecule is CCCOc1ccccc1N1C(=O)C[C@@H](N2CCN(c3cccc(Cl)c3)CC2)C1=O. The molecule has 6 nitrogen and oxygen atoms in total. The van der Waals surface area contributed by atoms with Crippen molar-refractivity contribution in [1.29, 1.82) is 0 Å². The van der Waals surface area contributed by atoms with Gasteiger partial charge in [-0.3, -0.25) is 14.5 Å². The fraction of sp³-hybridized carbons (Fsp3) is 0.391. The number of halogens is 1. The standard InChI is InChI=1S/C23H26ClN3O3/c1-2-14-30-21-9-4-3-8-19(21)27-22(28)16-20(23(27)29)26-12-10-25(11-13-26)18-7-5-6-17(24)15-18/h3-9,15,20H,2,10-14,16H2,1H3/t20-/m1/s1. The minimum atomic E-state index is -0.418. The Kier molecular flexibility index (Phi) is 6.25. The third kappa shape index (κ3) is 4.16. The Bertz CT molecular complexity index is 927. The van der Waals surface area contributed by atoms with Crippen molar-refractivity contribution in [3.8, 4) is 5.75 Å². The van der Waals surface area contributed by atoms with E-state index in [1.54, 1.807) is 6.07 Å². The zero-order chi connectivity index (χ0) is 21.1. The highest BCUT2D eigenvalue weighted by atomic mass is 35.5. The number of para-hydroxylation sites is 2. The largest absolute Gasteiger partial charge is 0.491 e. The lowest BCUT2D eigenvalue weighted by atomic mass is 10.1. The first kappa shape index (κ1) is 20.7. The molecule has 0 aromatic heterocycles. The normalized spacial score (nSPS) is 20.1. The zero-order valence-electron chi connectivity index (χ0n) is 17.1. The van der Waals surface area contributed by atoms with Gasteiger partial charge in [-0.2, -0.15) is 0 Å². The molecule has 2 aromatic rings.